The molecule has 25 heavy (non-hydrogen) atoms. The zero-order chi connectivity index (χ0) is 17.2. The minimum absolute atomic E-state index is 0.333. The lowest BCUT2D eigenvalue weighted by Gasteiger charge is -2.58. The molecule has 6 rings (SSSR count). The van der Waals surface area contributed by atoms with Crippen LogP contribution in [0, 0.1) is 17.8 Å². The molecule has 6 heteroatoms. The summed E-state index contributed by atoms with van der Waals surface area (Å²) in [4.78, 5) is 7.53. The van der Waals surface area contributed by atoms with Crippen LogP contribution in [0.5, 0.6) is 0 Å². The highest BCUT2D eigenvalue weighted by Gasteiger charge is 2.54. The van der Waals surface area contributed by atoms with Crippen LogP contribution < -0.4 is 5.32 Å². The molecule has 4 bridgehead atoms. The smallest absolute Gasteiger partial charge is 0.184 e. The molecule has 134 valence electrons. The number of aromatic nitrogens is 2. The van der Waals surface area contributed by atoms with Crippen LogP contribution in [0.25, 0.3) is 11.0 Å². The van der Waals surface area contributed by atoms with E-state index in [2.05, 4.69) is 15.3 Å². The standard InChI is InChI=1S/C19H25N3O3/c1-25-18(23)14-9-21-17-13(2-3-20-17)16(14)22-15-11-4-10-5-12(15)8-19(24,6-10)7-11/h2-3,9-12,15,18,23-24H,4-8H2,1H3,(H2,20,21,22). The lowest BCUT2D eigenvalue weighted by atomic mass is 9.52. The van der Waals surface area contributed by atoms with Crippen LogP contribution in [0.15, 0.2) is 18.5 Å². The van der Waals surface area contributed by atoms with Gasteiger partial charge in [-0.15, -0.1) is 0 Å². The first-order valence-corrected chi connectivity index (χ1v) is 9.22. The van der Waals surface area contributed by atoms with E-state index in [-0.39, 0.29) is 0 Å². The Morgan fingerprint density at radius 1 is 1.32 bits per heavy atom. The van der Waals surface area contributed by atoms with Gasteiger partial charge in [-0.2, -0.15) is 0 Å². The van der Waals surface area contributed by atoms with Crippen LogP contribution in [-0.2, 0) is 4.74 Å². The summed E-state index contributed by atoms with van der Waals surface area (Å²) in [5.74, 6) is 1.66. The fraction of sp³-hybridized carbons (Fsp3) is 0.632. The number of hydrogen-bond acceptors (Lipinski definition) is 5. The normalized spacial score (nSPS) is 37.6. The van der Waals surface area contributed by atoms with Gasteiger partial charge in [-0.3, -0.25) is 0 Å². The maximum absolute atomic E-state index is 10.8. The van der Waals surface area contributed by atoms with E-state index in [1.54, 1.807) is 6.20 Å². The largest absolute Gasteiger partial charge is 0.390 e. The first-order valence-electron chi connectivity index (χ1n) is 9.22. The van der Waals surface area contributed by atoms with Crippen molar-refractivity contribution < 1.29 is 14.9 Å². The summed E-state index contributed by atoms with van der Waals surface area (Å²) < 4.78 is 5.15. The van der Waals surface area contributed by atoms with Crippen molar-refractivity contribution in [2.75, 3.05) is 12.4 Å². The van der Waals surface area contributed by atoms with Crippen molar-refractivity contribution in [2.24, 2.45) is 17.8 Å². The molecular formula is C19H25N3O3. The Morgan fingerprint density at radius 3 is 2.76 bits per heavy atom. The van der Waals surface area contributed by atoms with Crippen molar-refractivity contribution in [1.29, 1.82) is 0 Å². The van der Waals surface area contributed by atoms with Crippen LogP contribution in [0.2, 0.25) is 0 Å². The molecule has 2 heterocycles. The Morgan fingerprint density at radius 2 is 2.08 bits per heavy atom. The second kappa shape index (κ2) is 5.43. The molecule has 0 spiro atoms. The van der Waals surface area contributed by atoms with Crippen LogP contribution in [0.3, 0.4) is 0 Å². The molecule has 4 aliphatic carbocycles. The summed E-state index contributed by atoms with van der Waals surface area (Å²) in [5, 5.41) is 25.8. The highest BCUT2D eigenvalue weighted by molar-refractivity contribution is 5.91. The summed E-state index contributed by atoms with van der Waals surface area (Å²) in [6.07, 6.45) is 7.69. The molecule has 4 aliphatic rings. The average Bonchev–Trinajstić information content (AvgIpc) is 3.04. The van der Waals surface area contributed by atoms with Gasteiger partial charge < -0.3 is 25.3 Å². The summed E-state index contributed by atoms with van der Waals surface area (Å²) >= 11 is 0. The van der Waals surface area contributed by atoms with Gasteiger partial charge in [-0.25, -0.2) is 4.98 Å². The third-order valence-corrected chi connectivity index (χ3v) is 6.66. The number of hydrogen-bond donors (Lipinski definition) is 4. The van der Waals surface area contributed by atoms with Crippen molar-refractivity contribution in [2.45, 2.75) is 50.0 Å². The third kappa shape index (κ3) is 2.39. The fourth-order valence-electron chi connectivity index (χ4n) is 5.88. The summed E-state index contributed by atoms with van der Waals surface area (Å²) in [5.41, 5.74) is 1.94. The zero-order valence-corrected chi connectivity index (χ0v) is 14.4. The SMILES string of the molecule is COC(O)c1cnc2[nH]ccc2c1NC1C2CC3CC1CC(O)(C3)C2. The van der Waals surface area contributed by atoms with Gasteiger partial charge in [0.05, 0.1) is 11.3 Å². The van der Waals surface area contributed by atoms with E-state index >= 15 is 0 Å². The summed E-state index contributed by atoms with van der Waals surface area (Å²) in [6, 6.07) is 2.32. The van der Waals surface area contributed by atoms with Crippen LogP contribution >= 0.6 is 0 Å². The van der Waals surface area contributed by atoms with Crippen LogP contribution in [-0.4, -0.2) is 38.9 Å². The Kier molecular flexibility index (Phi) is 3.39. The molecule has 4 fully saturated rings. The minimum atomic E-state index is -1.00. The number of nitrogens with zero attached hydrogens (tertiary/aromatic N) is 1. The van der Waals surface area contributed by atoms with Gasteiger partial charge in [0.1, 0.15) is 5.65 Å². The molecule has 0 aromatic carbocycles. The van der Waals surface area contributed by atoms with E-state index in [4.69, 9.17) is 4.74 Å². The van der Waals surface area contributed by atoms with Crippen LogP contribution in [0.1, 0.15) is 44.0 Å². The van der Waals surface area contributed by atoms with Crippen molar-refractivity contribution in [1.82, 2.24) is 9.97 Å². The van der Waals surface area contributed by atoms with Gasteiger partial charge in [-0.1, -0.05) is 0 Å². The van der Waals surface area contributed by atoms with Gasteiger partial charge >= 0.3 is 0 Å². The number of H-pyrrole nitrogens is 1. The third-order valence-electron chi connectivity index (χ3n) is 6.66. The maximum atomic E-state index is 10.8. The Bertz CT molecular complexity index is 788. The minimum Gasteiger partial charge on any atom is -0.390 e. The van der Waals surface area contributed by atoms with Crippen molar-refractivity contribution in [3.8, 4) is 0 Å². The molecule has 3 atom stereocenters. The topological polar surface area (TPSA) is 90.4 Å². The number of methoxy groups -OCH3 is 1. The second-order valence-corrected chi connectivity index (χ2v) is 8.28. The molecule has 0 amide bonds. The molecule has 4 saturated carbocycles. The number of aliphatic hydroxyl groups is 2. The summed E-state index contributed by atoms with van der Waals surface area (Å²) in [6.45, 7) is 0. The Hall–Kier alpha value is -1.63. The van der Waals surface area contributed by atoms with Gasteiger partial charge in [0.2, 0.25) is 0 Å². The van der Waals surface area contributed by atoms with E-state index in [0.29, 0.717) is 29.4 Å². The lowest BCUT2D eigenvalue weighted by Crippen LogP contribution is -2.59. The number of rotatable bonds is 4. The van der Waals surface area contributed by atoms with Crippen molar-refractivity contribution in [3.63, 3.8) is 0 Å². The number of nitrogens with one attached hydrogen (secondary N) is 2. The molecular weight excluding hydrogens is 318 g/mol. The number of fused-ring (bicyclic) bond motifs is 1. The van der Waals surface area contributed by atoms with E-state index in [1.165, 1.54) is 20.0 Å². The maximum Gasteiger partial charge on any atom is 0.184 e. The first-order chi connectivity index (χ1) is 12.1. The molecule has 2 aromatic heterocycles. The Balaban J connectivity index is 1.53. The molecule has 0 aliphatic heterocycles. The number of aromatic amines is 1. The monoisotopic (exact) mass is 343 g/mol. The zero-order valence-electron chi connectivity index (χ0n) is 14.4. The summed E-state index contributed by atoms with van der Waals surface area (Å²) in [7, 11) is 1.49. The molecule has 2 aromatic rings. The van der Waals surface area contributed by atoms with E-state index in [0.717, 1.165) is 36.0 Å². The first kappa shape index (κ1) is 15.6. The lowest BCUT2D eigenvalue weighted by molar-refractivity contribution is -0.129. The highest BCUT2D eigenvalue weighted by atomic mass is 16.6. The molecule has 4 N–H and O–H groups in total. The van der Waals surface area contributed by atoms with Crippen LogP contribution in [0.4, 0.5) is 5.69 Å². The molecule has 0 saturated heterocycles. The van der Waals surface area contributed by atoms with E-state index in [9.17, 15) is 10.2 Å². The van der Waals surface area contributed by atoms with Gasteiger partial charge in [0.15, 0.2) is 6.29 Å². The second-order valence-electron chi connectivity index (χ2n) is 8.28. The number of aliphatic hydroxyl groups excluding tert-OH is 1. The van der Waals surface area contributed by atoms with Gasteiger partial charge in [-0.05, 0) is 55.9 Å². The Labute approximate surface area is 146 Å². The quantitative estimate of drug-likeness (QED) is 0.641. The number of ether oxygens (including phenoxy) is 1. The van der Waals surface area contributed by atoms with Crippen molar-refractivity contribution in [3.05, 3.63) is 24.0 Å². The molecule has 0 radical (unpaired) electrons. The van der Waals surface area contributed by atoms with E-state index < -0.39 is 11.9 Å². The number of anilines is 1. The predicted molar refractivity (Wildman–Crippen MR) is 94.0 cm³/mol. The molecule has 3 unspecified atom stereocenters. The predicted octanol–water partition coefficient (Wildman–Crippen LogP) is 2.55. The van der Waals surface area contributed by atoms with Crippen molar-refractivity contribution >= 4 is 16.7 Å². The van der Waals surface area contributed by atoms with Gasteiger partial charge in [0.25, 0.3) is 0 Å². The van der Waals surface area contributed by atoms with Gasteiger partial charge in [0, 0.05) is 36.5 Å². The molecule has 6 nitrogen and oxygen atoms in total. The number of pyridine rings is 1. The van der Waals surface area contributed by atoms with E-state index in [1.807, 2.05) is 12.3 Å². The average molecular weight is 343 g/mol. The highest BCUT2D eigenvalue weighted by Crippen LogP contribution is 2.56. The fourth-order valence-corrected chi connectivity index (χ4v) is 5.88.